The summed E-state index contributed by atoms with van der Waals surface area (Å²) in [6, 6.07) is 16.2. The topological polar surface area (TPSA) is 85.2 Å². The number of carbonyl (C=O) groups excluding carboxylic acids is 2. The van der Waals surface area contributed by atoms with Crippen LogP contribution < -0.4 is 15.4 Å². The SMILES string of the molecule is CCc1nn(-c2ccc(OC)cc2)c2sc(C(=O)NCCNC(=O)c3ccc(Cl)cc3)cc12. The molecule has 0 spiro atoms. The maximum Gasteiger partial charge on any atom is 0.261 e. The van der Waals surface area contributed by atoms with Crippen LogP contribution in [0, 0.1) is 0 Å². The zero-order valence-electron chi connectivity index (χ0n) is 18.2. The Hall–Kier alpha value is -3.36. The van der Waals surface area contributed by atoms with Gasteiger partial charge in [0.15, 0.2) is 0 Å². The van der Waals surface area contributed by atoms with E-state index in [1.54, 1.807) is 31.4 Å². The normalized spacial score (nSPS) is 10.9. The molecule has 0 fully saturated rings. The van der Waals surface area contributed by atoms with Crippen LogP contribution in [0.4, 0.5) is 0 Å². The molecule has 2 aromatic carbocycles. The molecule has 33 heavy (non-hydrogen) atoms. The molecule has 2 aromatic heterocycles. The van der Waals surface area contributed by atoms with E-state index in [2.05, 4.69) is 10.6 Å². The van der Waals surface area contributed by atoms with Gasteiger partial charge in [-0.1, -0.05) is 18.5 Å². The molecule has 0 atom stereocenters. The summed E-state index contributed by atoms with van der Waals surface area (Å²) in [7, 11) is 1.63. The van der Waals surface area contributed by atoms with E-state index in [-0.39, 0.29) is 11.8 Å². The third-order valence-corrected chi connectivity index (χ3v) is 6.48. The number of nitrogens with zero attached hydrogens (tertiary/aromatic N) is 2. The van der Waals surface area contributed by atoms with Crippen LogP contribution in [0.1, 0.15) is 32.6 Å². The van der Waals surface area contributed by atoms with E-state index in [4.69, 9.17) is 21.4 Å². The molecule has 0 saturated heterocycles. The predicted octanol–water partition coefficient (Wildman–Crippen LogP) is 4.47. The van der Waals surface area contributed by atoms with Gasteiger partial charge in [-0.15, -0.1) is 11.3 Å². The highest BCUT2D eigenvalue weighted by Crippen LogP contribution is 2.31. The zero-order valence-corrected chi connectivity index (χ0v) is 19.8. The number of nitrogens with one attached hydrogen (secondary N) is 2. The Labute approximate surface area is 200 Å². The monoisotopic (exact) mass is 482 g/mol. The van der Waals surface area contributed by atoms with E-state index in [1.807, 2.05) is 41.9 Å². The molecule has 0 saturated carbocycles. The molecular weight excluding hydrogens is 460 g/mol. The molecule has 0 bridgehead atoms. The van der Waals surface area contributed by atoms with E-state index in [0.29, 0.717) is 28.6 Å². The average molecular weight is 483 g/mol. The first-order valence-corrected chi connectivity index (χ1v) is 11.7. The molecule has 0 unspecified atom stereocenters. The van der Waals surface area contributed by atoms with Crippen molar-refractivity contribution in [2.75, 3.05) is 20.2 Å². The van der Waals surface area contributed by atoms with Crippen molar-refractivity contribution >= 4 is 45.0 Å². The number of aryl methyl sites for hydroxylation is 1. The second kappa shape index (κ2) is 10.1. The Kier molecular flexibility index (Phi) is 6.96. The van der Waals surface area contributed by atoms with Gasteiger partial charge in [0.05, 0.1) is 23.4 Å². The molecule has 0 aliphatic carbocycles. The predicted molar refractivity (Wildman–Crippen MR) is 131 cm³/mol. The van der Waals surface area contributed by atoms with Crippen molar-refractivity contribution in [3.05, 3.63) is 75.8 Å². The molecule has 9 heteroatoms. The van der Waals surface area contributed by atoms with Gasteiger partial charge in [-0.25, -0.2) is 4.68 Å². The van der Waals surface area contributed by atoms with Crippen molar-refractivity contribution in [1.29, 1.82) is 0 Å². The molecule has 2 N–H and O–H groups in total. The summed E-state index contributed by atoms with van der Waals surface area (Å²) < 4.78 is 7.10. The first-order chi connectivity index (χ1) is 16.0. The van der Waals surface area contributed by atoms with Gasteiger partial charge < -0.3 is 15.4 Å². The number of halogens is 1. The number of carbonyl (C=O) groups is 2. The first kappa shape index (κ1) is 22.8. The van der Waals surface area contributed by atoms with E-state index < -0.39 is 0 Å². The molecule has 7 nitrogen and oxygen atoms in total. The van der Waals surface area contributed by atoms with E-state index in [0.717, 1.165) is 33.8 Å². The van der Waals surface area contributed by atoms with Crippen LogP contribution in [0.25, 0.3) is 15.9 Å². The molecule has 4 aromatic rings. The number of ether oxygens (including phenoxy) is 1. The largest absolute Gasteiger partial charge is 0.497 e. The van der Waals surface area contributed by atoms with Crippen LogP contribution >= 0.6 is 22.9 Å². The Morgan fingerprint density at radius 2 is 1.70 bits per heavy atom. The summed E-state index contributed by atoms with van der Waals surface area (Å²) in [4.78, 5) is 26.4. The number of benzene rings is 2. The Bertz CT molecular complexity index is 1280. The van der Waals surface area contributed by atoms with Crippen LogP contribution in [0.3, 0.4) is 0 Å². The number of methoxy groups -OCH3 is 1. The number of hydrogen-bond donors (Lipinski definition) is 2. The minimum Gasteiger partial charge on any atom is -0.497 e. The molecule has 170 valence electrons. The minimum atomic E-state index is -0.213. The fourth-order valence-corrected chi connectivity index (χ4v) is 4.57. The lowest BCUT2D eigenvalue weighted by Crippen LogP contribution is -2.34. The third kappa shape index (κ3) is 5.02. The molecule has 0 radical (unpaired) electrons. The van der Waals surface area contributed by atoms with Gasteiger partial charge in [-0.3, -0.25) is 9.59 Å². The zero-order chi connectivity index (χ0) is 23.4. The summed E-state index contributed by atoms with van der Waals surface area (Å²) in [6.45, 7) is 2.68. The Balaban J connectivity index is 1.42. The van der Waals surface area contributed by atoms with Crippen molar-refractivity contribution in [2.45, 2.75) is 13.3 Å². The quantitative estimate of drug-likeness (QED) is 0.363. The highest BCUT2D eigenvalue weighted by atomic mass is 35.5. The standard InChI is InChI=1S/C24H23ClN4O3S/c1-3-20-19-14-21(33-24(19)29(28-20)17-8-10-18(32-2)11-9-17)23(31)27-13-12-26-22(30)15-4-6-16(25)7-5-15/h4-11,14H,3,12-13H2,1-2H3,(H,26,30)(H,27,31). The van der Waals surface area contributed by atoms with Gasteiger partial charge in [0, 0.05) is 29.1 Å². The summed E-state index contributed by atoms with van der Waals surface area (Å²) in [6.07, 6.45) is 0.758. The van der Waals surface area contributed by atoms with Gasteiger partial charge in [0.2, 0.25) is 0 Å². The third-order valence-electron chi connectivity index (χ3n) is 5.11. The minimum absolute atomic E-state index is 0.180. The highest BCUT2D eigenvalue weighted by molar-refractivity contribution is 7.20. The second-order valence-corrected chi connectivity index (χ2v) is 8.73. The van der Waals surface area contributed by atoms with Crippen LogP contribution in [0.15, 0.2) is 54.6 Å². The lowest BCUT2D eigenvalue weighted by Gasteiger charge is -2.07. The first-order valence-electron chi connectivity index (χ1n) is 10.5. The van der Waals surface area contributed by atoms with E-state index >= 15 is 0 Å². The van der Waals surface area contributed by atoms with Crippen molar-refractivity contribution in [2.24, 2.45) is 0 Å². The number of hydrogen-bond acceptors (Lipinski definition) is 5. The number of rotatable bonds is 8. The van der Waals surface area contributed by atoms with Gasteiger partial charge in [-0.2, -0.15) is 5.10 Å². The second-order valence-electron chi connectivity index (χ2n) is 7.26. The molecular formula is C24H23ClN4O3S. The Morgan fingerprint density at radius 3 is 2.33 bits per heavy atom. The molecule has 4 rings (SSSR count). The number of fused-ring (bicyclic) bond motifs is 1. The fourth-order valence-electron chi connectivity index (χ4n) is 3.38. The lowest BCUT2D eigenvalue weighted by atomic mass is 10.2. The van der Waals surface area contributed by atoms with Crippen LogP contribution in [0.5, 0.6) is 5.75 Å². The van der Waals surface area contributed by atoms with Crippen LogP contribution in [0.2, 0.25) is 5.02 Å². The van der Waals surface area contributed by atoms with E-state index in [1.165, 1.54) is 11.3 Å². The van der Waals surface area contributed by atoms with Crippen LogP contribution in [-0.4, -0.2) is 41.8 Å². The highest BCUT2D eigenvalue weighted by Gasteiger charge is 2.18. The number of aromatic nitrogens is 2. The number of thiophene rings is 1. The fraction of sp³-hybridized carbons (Fsp3) is 0.208. The van der Waals surface area contributed by atoms with Crippen molar-refractivity contribution in [3.8, 4) is 11.4 Å². The lowest BCUT2D eigenvalue weighted by molar-refractivity contribution is 0.0929. The smallest absolute Gasteiger partial charge is 0.261 e. The van der Waals surface area contributed by atoms with Crippen molar-refractivity contribution < 1.29 is 14.3 Å². The molecule has 2 amide bonds. The summed E-state index contributed by atoms with van der Waals surface area (Å²) in [5.74, 6) is 0.377. The van der Waals surface area contributed by atoms with Crippen LogP contribution in [-0.2, 0) is 6.42 Å². The summed E-state index contributed by atoms with van der Waals surface area (Å²) in [5, 5.41) is 11.9. The summed E-state index contributed by atoms with van der Waals surface area (Å²) in [5.41, 5.74) is 2.36. The van der Waals surface area contributed by atoms with Gasteiger partial charge in [0.1, 0.15) is 10.6 Å². The number of amides is 2. The van der Waals surface area contributed by atoms with Gasteiger partial charge in [-0.05, 0) is 61.0 Å². The van der Waals surface area contributed by atoms with Gasteiger partial charge in [0.25, 0.3) is 11.8 Å². The average Bonchev–Trinajstić information content (AvgIpc) is 3.42. The van der Waals surface area contributed by atoms with E-state index in [9.17, 15) is 9.59 Å². The van der Waals surface area contributed by atoms with Gasteiger partial charge >= 0.3 is 0 Å². The Morgan fingerprint density at radius 1 is 1.03 bits per heavy atom. The molecule has 0 aliphatic rings. The maximum absolute atomic E-state index is 12.7. The van der Waals surface area contributed by atoms with Crippen molar-refractivity contribution in [3.63, 3.8) is 0 Å². The summed E-state index contributed by atoms with van der Waals surface area (Å²) >= 11 is 7.24. The van der Waals surface area contributed by atoms with Crippen molar-refractivity contribution in [1.82, 2.24) is 20.4 Å². The molecule has 2 heterocycles. The maximum atomic E-state index is 12.7. The molecule has 0 aliphatic heterocycles.